The molecule has 1 aromatic heterocycles. The standard InChI is InChI=1S/C22H23Cl2N3O2S/c1-11(2)9-10-30-22-26-20-18(21(29)27-22)16(12-5-3-6-13(23)19(12)24)17-14(25-20)7-4-8-15(17)28/h3,5-6,11,16H,4,7-10H2,1-2H3,(H2,25,26,27,29). The van der Waals surface area contributed by atoms with Gasteiger partial charge in [0.05, 0.1) is 15.6 Å². The van der Waals surface area contributed by atoms with Gasteiger partial charge in [-0.1, -0.05) is 60.9 Å². The number of ketones is 1. The van der Waals surface area contributed by atoms with Crippen LogP contribution in [0.1, 0.15) is 56.6 Å². The molecule has 5 nitrogen and oxygen atoms in total. The maximum atomic E-state index is 13.2. The summed E-state index contributed by atoms with van der Waals surface area (Å²) >= 11 is 14.3. The number of nitrogens with zero attached hydrogens (tertiary/aromatic N) is 1. The summed E-state index contributed by atoms with van der Waals surface area (Å²) in [5.41, 5.74) is 2.25. The lowest BCUT2D eigenvalue weighted by Gasteiger charge is -2.33. The average Bonchev–Trinajstić information content (AvgIpc) is 2.68. The third-order valence-electron chi connectivity index (χ3n) is 5.46. The first-order chi connectivity index (χ1) is 14.4. The van der Waals surface area contributed by atoms with Crippen molar-refractivity contribution in [2.24, 2.45) is 5.92 Å². The SMILES string of the molecule is CC(C)CCSc1nc2c(c(=O)[nH]1)C(c1cccc(Cl)c1Cl)C1=C(CCCC1=O)N2. The van der Waals surface area contributed by atoms with Gasteiger partial charge in [-0.05, 0) is 36.8 Å². The molecule has 0 fully saturated rings. The summed E-state index contributed by atoms with van der Waals surface area (Å²) in [6.07, 6.45) is 3.00. The lowest BCUT2D eigenvalue weighted by Crippen LogP contribution is -2.32. The van der Waals surface area contributed by atoms with Gasteiger partial charge in [-0.15, -0.1) is 0 Å². The van der Waals surface area contributed by atoms with Crippen molar-refractivity contribution in [3.05, 3.63) is 61.0 Å². The molecule has 8 heteroatoms. The molecule has 1 aliphatic carbocycles. The van der Waals surface area contributed by atoms with Crippen molar-refractivity contribution in [3.8, 4) is 0 Å². The van der Waals surface area contributed by atoms with Gasteiger partial charge in [0, 0.05) is 29.4 Å². The molecule has 0 bridgehead atoms. The van der Waals surface area contributed by atoms with E-state index in [4.69, 9.17) is 23.2 Å². The Labute approximate surface area is 189 Å². The number of nitrogens with one attached hydrogen (secondary N) is 2. The first kappa shape index (κ1) is 21.5. The van der Waals surface area contributed by atoms with E-state index in [1.807, 2.05) is 6.07 Å². The molecule has 0 radical (unpaired) electrons. The molecule has 1 unspecified atom stereocenters. The van der Waals surface area contributed by atoms with Crippen LogP contribution in [0.15, 0.2) is 39.4 Å². The highest BCUT2D eigenvalue weighted by Gasteiger charge is 2.38. The highest BCUT2D eigenvalue weighted by atomic mass is 35.5. The fourth-order valence-corrected chi connectivity index (χ4v) is 5.47. The van der Waals surface area contributed by atoms with Gasteiger partial charge in [0.1, 0.15) is 5.82 Å². The largest absolute Gasteiger partial charge is 0.343 e. The van der Waals surface area contributed by atoms with E-state index in [1.54, 1.807) is 12.1 Å². The molecule has 1 atom stereocenters. The van der Waals surface area contributed by atoms with Crippen LogP contribution in [-0.2, 0) is 4.79 Å². The van der Waals surface area contributed by atoms with Gasteiger partial charge in [-0.2, -0.15) is 0 Å². The van der Waals surface area contributed by atoms with Crippen LogP contribution in [0.25, 0.3) is 0 Å². The third kappa shape index (κ3) is 4.05. The first-order valence-electron chi connectivity index (χ1n) is 10.1. The second kappa shape index (κ2) is 8.77. The molecule has 1 aliphatic heterocycles. The van der Waals surface area contributed by atoms with Crippen LogP contribution in [0, 0.1) is 5.92 Å². The highest BCUT2D eigenvalue weighted by Crippen LogP contribution is 2.46. The predicted octanol–water partition coefficient (Wildman–Crippen LogP) is 5.78. The summed E-state index contributed by atoms with van der Waals surface area (Å²) in [5.74, 6) is 1.40. The lowest BCUT2D eigenvalue weighted by atomic mass is 9.76. The minimum atomic E-state index is -0.582. The van der Waals surface area contributed by atoms with E-state index in [0.717, 1.165) is 30.7 Å². The summed E-state index contributed by atoms with van der Waals surface area (Å²) in [5, 5.41) is 4.61. The number of aromatic nitrogens is 2. The fourth-order valence-electron chi connectivity index (χ4n) is 3.95. The molecule has 2 N–H and O–H groups in total. The number of benzene rings is 1. The summed E-state index contributed by atoms with van der Waals surface area (Å²) in [6, 6.07) is 5.31. The zero-order valence-electron chi connectivity index (χ0n) is 16.9. The monoisotopic (exact) mass is 463 g/mol. The Balaban J connectivity index is 1.84. The van der Waals surface area contributed by atoms with Crippen LogP contribution in [-0.4, -0.2) is 21.5 Å². The van der Waals surface area contributed by atoms with Crippen molar-refractivity contribution in [2.45, 2.75) is 50.6 Å². The molecule has 4 rings (SSSR count). The number of allylic oxidation sites excluding steroid dienone is 2. The topological polar surface area (TPSA) is 74.8 Å². The number of hydrogen-bond donors (Lipinski definition) is 2. The van der Waals surface area contributed by atoms with Gasteiger partial charge in [0.2, 0.25) is 0 Å². The van der Waals surface area contributed by atoms with Gasteiger partial charge in [0.25, 0.3) is 5.56 Å². The van der Waals surface area contributed by atoms with Crippen molar-refractivity contribution in [3.63, 3.8) is 0 Å². The molecule has 2 heterocycles. The molecule has 2 aromatic rings. The Kier molecular flexibility index (Phi) is 6.28. The maximum Gasteiger partial charge on any atom is 0.257 e. The minimum Gasteiger partial charge on any atom is -0.343 e. The van der Waals surface area contributed by atoms with Gasteiger partial charge in [0.15, 0.2) is 10.9 Å². The van der Waals surface area contributed by atoms with E-state index < -0.39 is 5.92 Å². The zero-order chi connectivity index (χ0) is 21.4. The summed E-state index contributed by atoms with van der Waals surface area (Å²) < 4.78 is 0. The number of hydrogen-bond acceptors (Lipinski definition) is 5. The molecular weight excluding hydrogens is 441 g/mol. The van der Waals surface area contributed by atoms with Gasteiger partial charge in [-0.3, -0.25) is 9.59 Å². The highest BCUT2D eigenvalue weighted by molar-refractivity contribution is 7.99. The maximum absolute atomic E-state index is 13.2. The lowest BCUT2D eigenvalue weighted by molar-refractivity contribution is -0.116. The number of halogens is 2. The van der Waals surface area contributed by atoms with Crippen molar-refractivity contribution >= 4 is 46.6 Å². The Morgan fingerprint density at radius 1 is 1.23 bits per heavy atom. The van der Waals surface area contributed by atoms with E-state index in [-0.39, 0.29) is 11.3 Å². The number of fused-ring (bicyclic) bond motifs is 1. The molecule has 2 aliphatic rings. The number of H-pyrrole nitrogens is 1. The number of thioether (sulfide) groups is 1. The van der Waals surface area contributed by atoms with E-state index in [9.17, 15) is 9.59 Å². The predicted molar refractivity (Wildman–Crippen MR) is 123 cm³/mol. The van der Waals surface area contributed by atoms with Crippen molar-refractivity contribution in [1.82, 2.24) is 9.97 Å². The van der Waals surface area contributed by atoms with Crippen molar-refractivity contribution in [2.75, 3.05) is 11.1 Å². The van der Waals surface area contributed by atoms with E-state index in [1.165, 1.54) is 11.8 Å². The Morgan fingerprint density at radius 3 is 2.80 bits per heavy atom. The van der Waals surface area contributed by atoms with Crippen LogP contribution >= 0.6 is 35.0 Å². The Hall–Kier alpha value is -1.76. The molecule has 158 valence electrons. The average molecular weight is 464 g/mol. The molecule has 0 amide bonds. The summed E-state index contributed by atoms with van der Waals surface area (Å²) in [6.45, 7) is 4.33. The van der Waals surface area contributed by atoms with Gasteiger partial charge >= 0.3 is 0 Å². The van der Waals surface area contributed by atoms with Crippen LogP contribution in [0.5, 0.6) is 0 Å². The molecule has 0 saturated heterocycles. The second-order valence-electron chi connectivity index (χ2n) is 8.03. The number of Topliss-reactive ketones (excluding diaryl/α,β-unsaturated/α-hetero) is 1. The van der Waals surface area contributed by atoms with E-state index >= 15 is 0 Å². The minimum absolute atomic E-state index is 0.0326. The van der Waals surface area contributed by atoms with Crippen LogP contribution in [0.2, 0.25) is 10.0 Å². The molecular formula is C22H23Cl2N3O2S. The number of aromatic amines is 1. The van der Waals surface area contributed by atoms with E-state index in [2.05, 4.69) is 29.1 Å². The number of carbonyl (C=O) groups excluding carboxylic acids is 1. The van der Waals surface area contributed by atoms with Crippen molar-refractivity contribution in [1.29, 1.82) is 0 Å². The van der Waals surface area contributed by atoms with Crippen LogP contribution in [0.4, 0.5) is 5.82 Å². The number of rotatable bonds is 5. The summed E-state index contributed by atoms with van der Waals surface area (Å²) in [7, 11) is 0. The molecule has 0 spiro atoms. The van der Waals surface area contributed by atoms with Crippen LogP contribution in [0.3, 0.4) is 0 Å². The van der Waals surface area contributed by atoms with Gasteiger partial charge < -0.3 is 10.3 Å². The molecule has 1 aromatic carbocycles. The second-order valence-corrected chi connectivity index (χ2v) is 9.90. The molecule has 30 heavy (non-hydrogen) atoms. The van der Waals surface area contributed by atoms with E-state index in [0.29, 0.717) is 50.1 Å². The van der Waals surface area contributed by atoms with Gasteiger partial charge in [-0.25, -0.2) is 4.98 Å². The Morgan fingerprint density at radius 2 is 2.03 bits per heavy atom. The van der Waals surface area contributed by atoms with Crippen molar-refractivity contribution < 1.29 is 4.79 Å². The summed E-state index contributed by atoms with van der Waals surface area (Å²) in [4.78, 5) is 33.7. The third-order valence-corrected chi connectivity index (χ3v) is 7.20. The number of carbonyl (C=O) groups is 1. The smallest absolute Gasteiger partial charge is 0.257 e. The van der Waals surface area contributed by atoms with Crippen LogP contribution < -0.4 is 10.9 Å². The normalized spacial score (nSPS) is 18.3. The quantitative estimate of drug-likeness (QED) is 0.434. The number of anilines is 1. The fraction of sp³-hybridized carbons (Fsp3) is 0.409. The zero-order valence-corrected chi connectivity index (χ0v) is 19.2. The Bertz CT molecular complexity index is 1090. The first-order valence-corrected chi connectivity index (χ1v) is 11.8. The molecule has 0 saturated carbocycles.